The Labute approximate surface area is 205 Å². The molecule has 11 nitrogen and oxygen atoms in total. The summed E-state index contributed by atoms with van der Waals surface area (Å²) in [7, 11) is 1.54. The number of hydrogen-bond acceptors (Lipinski definition) is 7. The molecule has 0 saturated heterocycles. The highest BCUT2D eigenvalue weighted by Gasteiger charge is 2.10. The Morgan fingerprint density at radius 2 is 1.51 bits per heavy atom. The molecule has 0 radical (unpaired) electrons. The maximum atomic E-state index is 12.1. The smallest absolute Gasteiger partial charge is 0.305 e. The quantitative estimate of drug-likeness (QED) is 0.142. The second kappa shape index (κ2) is 17.9. The Bertz CT molecular complexity index is 828. The van der Waals surface area contributed by atoms with Gasteiger partial charge >= 0.3 is 5.97 Å². The van der Waals surface area contributed by atoms with Crippen molar-refractivity contribution in [3.8, 4) is 0 Å². The molecule has 1 rings (SSSR count). The summed E-state index contributed by atoms with van der Waals surface area (Å²) in [4.78, 5) is 58.2. The number of carbonyl (C=O) groups is 5. The molecule has 0 saturated carbocycles. The van der Waals surface area contributed by atoms with Crippen LogP contribution in [0.25, 0.3) is 0 Å². The monoisotopic (exact) mass is 492 g/mol. The average Bonchev–Trinajstić information content (AvgIpc) is 2.82. The first kappa shape index (κ1) is 29.6. The van der Waals surface area contributed by atoms with Crippen LogP contribution in [0.1, 0.15) is 44.6 Å². The molecule has 0 aromatic heterocycles. The van der Waals surface area contributed by atoms with Gasteiger partial charge < -0.3 is 30.7 Å². The third-order valence-corrected chi connectivity index (χ3v) is 4.60. The Hall–Kier alpha value is -3.47. The van der Waals surface area contributed by atoms with Crippen LogP contribution in [0.5, 0.6) is 0 Å². The minimum Gasteiger partial charge on any atom is -0.466 e. The van der Waals surface area contributed by atoms with Crippen LogP contribution in [0.4, 0.5) is 5.69 Å². The second-order valence-corrected chi connectivity index (χ2v) is 7.66. The largest absolute Gasteiger partial charge is 0.466 e. The van der Waals surface area contributed by atoms with Gasteiger partial charge in [-0.1, -0.05) is 19.1 Å². The number of ether oxygens (including phenoxy) is 2. The molecule has 0 unspecified atom stereocenters. The van der Waals surface area contributed by atoms with Crippen molar-refractivity contribution in [1.82, 2.24) is 16.0 Å². The van der Waals surface area contributed by atoms with Gasteiger partial charge in [0.05, 0.1) is 19.6 Å². The second-order valence-electron chi connectivity index (χ2n) is 7.66. The number of esters is 1. The van der Waals surface area contributed by atoms with E-state index in [0.717, 1.165) is 12.0 Å². The fourth-order valence-electron chi connectivity index (χ4n) is 2.80. The molecule has 0 spiro atoms. The molecule has 0 bridgehead atoms. The molecule has 0 heterocycles. The zero-order valence-corrected chi connectivity index (χ0v) is 20.4. The third-order valence-electron chi connectivity index (χ3n) is 4.60. The van der Waals surface area contributed by atoms with Crippen LogP contribution in [-0.4, -0.2) is 69.6 Å². The Balaban J connectivity index is 2.16. The molecule has 194 valence electrons. The van der Waals surface area contributed by atoms with Crippen molar-refractivity contribution in [2.45, 2.75) is 45.4 Å². The van der Waals surface area contributed by atoms with Crippen molar-refractivity contribution in [2.75, 3.05) is 45.3 Å². The fourth-order valence-corrected chi connectivity index (χ4v) is 2.80. The maximum Gasteiger partial charge on any atom is 0.305 e. The molecule has 0 aliphatic heterocycles. The first-order chi connectivity index (χ1) is 16.8. The SMILES string of the molecule is CCCC(=O)OCCCOCCNC(=O)CC(=O)Nc1ccc(CC(=O)NCCC(=O)NC)cc1. The molecule has 4 N–H and O–H groups in total. The molecule has 11 heteroatoms. The predicted molar refractivity (Wildman–Crippen MR) is 129 cm³/mol. The lowest BCUT2D eigenvalue weighted by Crippen LogP contribution is -2.31. The summed E-state index contributed by atoms with van der Waals surface area (Å²) >= 11 is 0. The van der Waals surface area contributed by atoms with Crippen molar-refractivity contribution in [3.63, 3.8) is 0 Å². The summed E-state index contributed by atoms with van der Waals surface area (Å²) in [6.07, 6.45) is 1.77. The fraction of sp³-hybridized carbons (Fsp3) is 0.542. The molecule has 0 atom stereocenters. The third kappa shape index (κ3) is 15.1. The summed E-state index contributed by atoms with van der Waals surface area (Å²) in [5.41, 5.74) is 1.26. The molecule has 0 aliphatic carbocycles. The van der Waals surface area contributed by atoms with Crippen molar-refractivity contribution in [1.29, 1.82) is 0 Å². The van der Waals surface area contributed by atoms with Crippen LogP contribution in [0.3, 0.4) is 0 Å². The van der Waals surface area contributed by atoms with Crippen LogP contribution in [-0.2, 0) is 39.9 Å². The van der Waals surface area contributed by atoms with Gasteiger partial charge in [0.2, 0.25) is 23.6 Å². The van der Waals surface area contributed by atoms with Gasteiger partial charge in [-0.3, -0.25) is 24.0 Å². The minimum atomic E-state index is -0.461. The molecular weight excluding hydrogens is 456 g/mol. The molecule has 35 heavy (non-hydrogen) atoms. The molecule has 0 aliphatic rings. The maximum absolute atomic E-state index is 12.1. The zero-order chi connectivity index (χ0) is 25.9. The molecular formula is C24H36N4O7. The summed E-state index contributed by atoms with van der Waals surface area (Å²) < 4.78 is 10.4. The summed E-state index contributed by atoms with van der Waals surface area (Å²) in [6, 6.07) is 6.71. The number of nitrogens with one attached hydrogen (secondary N) is 4. The number of hydrogen-bond donors (Lipinski definition) is 4. The van der Waals surface area contributed by atoms with Gasteiger partial charge in [-0.25, -0.2) is 0 Å². The number of carbonyl (C=O) groups excluding carboxylic acids is 5. The first-order valence-electron chi connectivity index (χ1n) is 11.7. The van der Waals surface area contributed by atoms with E-state index in [9.17, 15) is 24.0 Å². The standard InChI is InChI=1S/C24H36N4O7/c1-3-5-24(33)35-14-4-13-34-15-12-27-22(31)17-23(32)28-19-8-6-18(7-9-19)16-21(30)26-11-10-20(29)25-2/h6-9H,3-5,10-17H2,1-2H3,(H,25,29)(H,26,30)(H,27,31)(H,28,32). The normalized spacial score (nSPS) is 10.2. The average molecular weight is 493 g/mol. The van der Waals surface area contributed by atoms with Crippen molar-refractivity contribution < 1.29 is 33.4 Å². The number of benzene rings is 1. The summed E-state index contributed by atoms with van der Waals surface area (Å²) in [6.45, 7) is 3.43. The van der Waals surface area contributed by atoms with E-state index < -0.39 is 11.8 Å². The number of anilines is 1. The van der Waals surface area contributed by atoms with Gasteiger partial charge in [0, 0.05) is 51.7 Å². The highest BCUT2D eigenvalue weighted by molar-refractivity contribution is 6.03. The number of amides is 4. The highest BCUT2D eigenvalue weighted by atomic mass is 16.5. The zero-order valence-electron chi connectivity index (χ0n) is 20.4. The topological polar surface area (TPSA) is 152 Å². The van der Waals surface area contributed by atoms with Crippen LogP contribution in [0.15, 0.2) is 24.3 Å². The van der Waals surface area contributed by atoms with Gasteiger partial charge in [-0.15, -0.1) is 0 Å². The van der Waals surface area contributed by atoms with Gasteiger partial charge in [0.15, 0.2) is 0 Å². The molecule has 1 aromatic rings. The lowest BCUT2D eigenvalue weighted by Gasteiger charge is -2.09. The van der Waals surface area contributed by atoms with E-state index in [4.69, 9.17) is 9.47 Å². The van der Waals surface area contributed by atoms with E-state index in [-0.39, 0.29) is 56.7 Å². The minimum absolute atomic E-state index is 0.147. The van der Waals surface area contributed by atoms with E-state index in [1.165, 1.54) is 7.05 Å². The van der Waals surface area contributed by atoms with E-state index >= 15 is 0 Å². The van der Waals surface area contributed by atoms with Crippen molar-refractivity contribution in [2.24, 2.45) is 0 Å². The van der Waals surface area contributed by atoms with E-state index in [2.05, 4.69) is 21.3 Å². The van der Waals surface area contributed by atoms with Crippen LogP contribution >= 0.6 is 0 Å². The highest BCUT2D eigenvalue weighted by Crippen LogP contribution is 2.10. The van der Waals surface area contributed by atoms with Gasteiger partial charge in [0.1, 0.15) is 6.42 Å². The van der Waals surface area contributed by atoms with Crippen LogP contribution < -0.4 is 21.3 Å². The molecule has 0 fully saturated rings. The Kier molecular flexibility index (Phi) is 15.1. The molecule has 1 aromatic carbocycles. The molecule has 4 amide bonds. The lowest BCUT2D eigenvalue weighted by atomic mass is 10.1. The Morgan fingerprint density at radius 3 is 2.20 bits per heavy atom. The summed E-state index contributed by atoms with van der Waals surface area (Å²) in [5.74, 6) is -1.46. The Morgan fingerprint density at radius 1 is 0.800 bits per heavy atom. The van der Waals surface area contributed by atoms with Crippen LogP contribution in [0.2, 0.25) is 0 Å². The van der Waals surface area contributed by atoms with E-state index in [0.29, 0.717) is 31.7 Å². The van der Waals surface area contributed by atoms with Gasteiger partial charge in [-0.2, -0.15) is 0 Å². The lowest BCUT2D eigenvalue weighted by molar-refractivity contribution is -0.144. The van der Waals surface area contributed by atoms with Crippen LogP contribution in [0, 0.1) is 0 Å². The van der Waals surface area contributed by atoms with Gasteiger partial charge in [-0.05, 0) is 24.1 Å². The van der Waals surface area contributed by atoms with Gasteiger partial charge in [0.25, 0.3) is 0 Å². The van der Waals surface area contributed by atoms with E-state index in [1.54, 1.807) is 24.3 Å². The predicted octanol–water partition coefficient (Wildman–Crippen LogP) is 0.676. The number of rotatable bonds is 17. The summed E-state index contributed by atoms with van der Waals surface area (Å²) in [5, 5.41) is 10.4. The van der Waals surface area contributed by atoms with Crippen molar-refractivity contribution in [3.05, 3.63) is 29.8 Å². The van der Waals surface area contributed by atoms with Crippen molar-refractivity contribution >= 4 is 35.3 Å². The van der Waals surface area contributed by atoms with E-state index in [1.807, 2.05) is 6.92 Å². The first-order valence-corrected chi connectivity index (χ1v) is 11.7.